The number of anilines is 1. The minimum Gasteiger partial charge on any atom is -0.478 e. The first-order chi connectivity index (χ1) is 9.56. The number of hydrogen-bond donors (Lipinski definition) is 1. The van der Waals surface area contributed by atoms with E-state index in [4.69, 9.17) is 5.11 Å². The van der Waals surface area contributed by atoms with E-state index >= 15 is 0 Å². The van der Waals surface area contributed by atoms with Crippen molar-refractivity contribution < 1.29 is 9.90 Å². The van der Waals surface area contributed by atoms with Crippen LogP contribution in [0.25, 0.3) is 6.08 Å². The number of carboxylic acids is 1. The average Bonchev–Trinajstić information content (AvgIpc) is 2.46. The zero-order valence-electron chi connectivity index (χ0n) is 12.1. The molecule has 1 aromatic carbocycles. The molecule has 108 valence electrons. The number of rotatable bonds is 4. The first kappa shape index (κ1) is 14.6. The molecule has 1 aromatic rings. The Hall–Kier alpha value is -1.81. The van der Waals surface area contributed by atoms with Crippen molar-refractivity contribution >= 4 is 17.7 Å². The molecule has 1 saturated heterocycles. The van der Waals surface area contributed by atoms with E-state index < -0.39 is 5.97 Å². The van der Waals surface area contributed by atoms with E-state index in [1.54, 1.807) is 6.08 Å². The molecule has 0 atom stereocenters. The summed E-state index contributed by atoms with van der Waals surface area (Å²) in [5.41, 5.74) is 2.12. The van der Waals surface area contributed by atoms with E-state index in [1.165, 1.54) is 5.69 Å². The van der Waals surface area contributed by atoms with Gasteiger partial charge in [-0.25, -0.2) is 4.79 Å². The molecular formula is C16H22N2O2. The molecule has 0 amide bonds. The number of carbonyl (C=O) groups is 1. The Balaban J connectivity index is 1.96. The SMILES string of the molecule is CC(C)N1CCN(c2ccc(/C=C/C(=O)O)cc2)CC1. The molecule has 20 heavy (non-hydrogen) atoms. The van der Waals surface area contributed by atoms with Crippen molar-refractivity contribution in [2.24, 2.45) is 0 Å². The second-order valence-corrected chi connectivity index (χ2v) is 5.38. The van der Waals surface area contributed by atoms with Crippen LogP contribution in [-0.2, 0) is 4.79 Å². The molecule has 1 aliphatic rings. The fourth-order valence-corrected chi connectivity index (χ4v) is 2.46. The number of hydrogen-bond acceptors (Lipinski definition) is 3. The highest BCUT2D eigenvalue weighted by Gasteiger charge is 2.18. The Bertz CT molecular complexity index is 472. The van der Waals surface area contributed by atoms with Gasteiger partial charge in [0.15, 0.2) is 0 Å². The Kier molecular flexibility index (Phi) is 4.79. The zero-order valence-corrected chi connectivity index (χ0v) is 12.1. The van der Waals surface area contributed by atoms with Gasteiger partial charge in [0, 0.05) is 44.0 Å². The summed E-state index contributed by atoms with van der Waals surface area (Å²) in [6.07, 6.45) is 2.78. The molecule has 4 heteroatoms. The number of aliphatic carboxylic acids is 1. The van der Waals surface area contributed by atoms with Crippen molar-refractivity contribution in [2.45, 2.75) is 19.9 Å². The molecule has 1 heterocycles. The Morgan fingerprint density at radius 2 is 1.75 bits per heavy atom. The van der Waals surface area contributed by atoms with Crippen molar-refractivity contribution in [3.05, 3.63) is 35.9 Å². The number of benzene rings is 1. The van der Waals surface area contributed by atoms with Crippen LogP contribution in [-0.4, -0.2) is 48.2 Å². The van der Waals surface area contributed by atoms with E-state index in [-0.39, 0.29) is 0 Å². The lowest BCUT2D eigenvalue weighted by Gasteiger charge is -2.38. The van der Waals surface area contributed by atoms with Gasteiger partial charge in [-0.1, -0.05) is 12.1 Å². The molecule has 2 rings (SSSR count). The van der Waals surface area contributed by atoms with Gasteiger partial charge in [0.05, 0.1) is 0 Å². The van der Waals surface area contributed by atoms with Crippen LogP contribution in [0.4, 0.5) is 5.69 Å². The van der Waals surface area contributed by atoms with E-state index in [0.717, 1.165) is 37.8 Å². The predicted molar refractivity (Wildman–Crippen MR) is 82.0 cm³/mol. The van der Waals surface area contributed by atoms with Gasteiger partial charge >= 0.3 is 5.97 Å². The van der Waals surface area contributed by atoms with Crippen molar-refractivity contribution in [3.63, 3.8) is 0 Å². The van der Waals surface area contributed by atoms with Crippen molar-refractivity contribution in [2.75, 3.05) is 31.1 Å². The Labute approximate surface area is 120 Å². The molecule has 0 bridgehead atoms. The van der Waals surface area contributed by atoms with Crippen LogP contribution in [0.3, 0.4) is 0 Å². The molecule has 0 radical (unpaired) electrons. The Morgan fingerprint density at radius 1 is 1.15 bits per heavy atom. The molecule has 1 aliphatic heterocycles. The monoisotopic (exact) mass is 274 g/mol. The normalized spacial score (nSPS) is 17.1. The van der Waals surface area contributed by atoms with Gasteiger partial charge in [0.25, 0.3) is 0 Å². The standard InChI is InChI=1S/C16H22N2O2/c1-13(2)17-9-11-18(12-10-17)15-6-3-14(4-7-15)5-8-16(19)20/h3-8,13H,9-12H2,1-2H3,(H,19,20)/b8-5+. The molecule has 1 N–H and O–H groups in total. The highest BCUT2D eigenvalue weighted by atomic mass is 16.4. The van der Waals surface area contributed by atoms with Crippen molar-refractivity contribution in [1.29, 1.82) is 0 Å². The van der Waals surface area contributed by atoms with E-state index in [2.05, 4.69) is 35.8 Å². The van der Waals surface area contributed by atoms with Gasteiger partial charge in [-0.3, -0.25) is 4.90 Å². The average molecular weight is 274 g/mol. The third-order valence-corrected chi connectivity index (χ3v) is 3.72. The number of nitrogens with zero attached hydrogens (tertiary/aromatic N) is 2. The second-order valence-electron chi connectivity index (χ2n) is 5.38. The maximum absolute atomic E-state index is 10.5. The smallest absolute Gasteiger partial charge is 0.328 e. The van der Waals surface area contributed by atoms with E-state index in [0.29, 0.717) is 6.04 Å². The summed E-state index contributed by atoms with van der Waals surface area (Å²) in [5, 5.41) is 8.60. The first-order valence-electron chi connectivity index (χ1n) is 7.06. The minimum absolute atomic E-state index is 0.612. The molecule has 4 nitrogen and oxygen atoms in total. The van der Waals surface area contributed by atoms with Crippen molar-refractivity contribution in [3.8, 4) is 0 Å². The summed E-state index contributed by atoms with van der Waals surface area (Å²) < 4.78 is 0. The summed E-state index contributed by atoms with van der Waals surface area (Å²) in [6.45, 7) is 8.75. The Morgan fingerprint density at radius 3 is 2.25 bits per heavy atom. The quantitative estimate of drug-likeness (QED) is 0.856. The van der Waals surface area contributed by atoms with Gasteiger partial charge in [-0.2, -0.15) is 0 Å². The van der Waals surface area contributed by atoms with Crippen molar-refractivity contribution in [1.82, 2.24) is 4.90 Å². The fraction of sp³-hybridized carbons (Fsp3) is 0.438. The summed E-state index contributed by atoms with van der Waals surface area (Å²) in [4.78, 5) is 15.3. The van der Waals surface area contributed by atoms with E-state index in [1.807, 2.05) is 12.1 Å². The van der Waals surface area contributed by atoms with Gasteiger partial charge in [-0.15, -0.1) is 0 Å². The maximum atomic E-state index is 10.5. The molecule has 0 spiro atoms. The highest BCUT2D eigenvalue weighted by molar-refractivity contribution is 5.85. The molecule has 0 unspecified atom stereocenters. The third-order valence-electron chi connectivity index (χ3n) is 3.72. The van der Waals surface area contributed by atoms with Crippen LogP contribution < -0.4 is 4.90 Å². The first-order valence-corrected chi connectivity index (χ1v) is 7.06. The predicted octanol–water partition coefficient (Wildman–Crippen LogP) is 2.31. The lowest BCUT2D eigenvalue weighted by Crippen LogP contribution is -2.48. The maximum Gasteiger partial charge on any atom is 0.328 e. The molecular weight excluding hydrogens is 252 g/mol. The number of piperazine rings is 1. The molecule has 0 aliphatic carbocycles. The van der Waals surface area contributed by atoms with Gasteiger partial charge < -0.3 is 10.0 Å². The summed E-state index contributed by atoms with van der Waals surface area (Å²) in [7, 11) is 0. The molecule has 0 aromatic heterocycles. The zero-order chi connectivity index (χ0) is 14.5. The summed E-state index contributed by atoms with van der Waals surface area (Å²) in [5.74, 6) is -0.918. The molecule has 1 fully saturated rings. The van der Waals surface area contributed by atoms with Crippen LogP contribution >= 0.6 is 0 Å². The number of carboxylic acid groups (broad SMARTS) is 1. The van der Waals surface area contributed by atoms with Crippen LogP contribution in [0.2, 0.25) is 0 Å². The fourth-order valence-electron chi connectivity index (χ4n) is 2.46. The van der Waals surface area contributed by atoms with Crippen LogP contribution in [0.15, 0.2) is 30.3 Å². The topological polar surface area (TPSA) is 43.8 Å². The van der Waals surface area contributed by atoms with E-state index in [9.17, 15) is 4.79 Å². The van der Waals surface area contributed by atoms with Crippen LogP contribution in [0.5, 0.6) is 0 Å². The van der Waals surface area contributed by atoms with Gasteiger partial charge in [0.2, 0.25) is 0 Å². The lowest BCUT2D eigenvalue weighted by molar-refractivity contribution is -0.131. The molecule has 0 saturated carbocycles. The minimum atomic E-state index is -0.918. The van der Waals surface area contributed by atoms with Gasteiger partial charge in [0.1, 0.15) is 0 Å². The summed E-state index contributed by atoms with van der Waals surface area (Å²) >= 11 is 0. The largest absolute Gasteiger partial charge is 0.478 e. The second kappa shape index (κ2) is 6.57. The lowest BCUT2D eigenvalue weighted by atomic mass is 10.1. The van der Waals surface area contributed by atoms with Crippen LogP contribution in [0.1, 0.15) is 19.4 Å². The van der Waals surface area contributed by atoms with Gasteiger partial charge in [-0.05, 0) is 37.6 Å². The highest BCUT2D eigenvalue weighted by Crippen LogP contribution is 2.18. The third kappa shape index (κ3) is 3.84. The summed E-state index contributed by atoms with van der Waals surface area (Å²) in [6, 6.07) is 8.66. The van der Waals surface area contributed by atoms with Crippen LogP contribution in [0, 0.1) is 0 Å².